The summed E-state index contributed by atoms with van der Waals surface area (Å²) in [5.74, 6) is 1.30. The van der Waals surface area contributed by atoms with Crippen LogP contribution in [0, 0.1) is 6.92 Å². The van der Waals surface area contributed by atoms with E-state index in [1.54, 1.807) is 17.7 Å². The number of nitrogens with zero attached hydrogens (tertiary/aromatic N) is 2. The number of hydrogen-bond donors (Lipinski definition) is 1. The molecular formula is C14H12ClN3S. The molecule has 3 aromatic rings. The molecular weight excluding hydrogens is 278 g/mol. The first-order valence-corrected chi connectivity index (χ1v) is 7.25. The van der Waals surface area contributed by atoms with E-state index in [4.69, 9.17) is 11.6 Å². The Hall–Kier alpha value is -1.65. The van der Waals surface area contributed by atoms with Gasteiger partial charge >= 0.3 is 0 Å². The maximum atomic E-state index is 5.95. The topological polar surface area (TPSA) is 37.8 Å². The fourth-order valence-electron chi connectivity index (χ4n) is 1.96. The van der Waals surface area contributed by atoms with E-state index >= 15 is 0 Å². The quantitative estimate of drug-likeness (QED) is 0.722. The molecule has 0 atom stereocenters. The van der Waals surface area contributed by atoms with Gasteiger partial charge in [0, 0.05) is 16.4 Å². The van der Waals surface area contributed by atoms with Gasteiger partial charge in [-0.1, -0.05) is 18.2 Å². The second-order valence-corrected chi connectivity index (χ2v) is 5.72. The van der Waals surface area contributed by atoms with Gasteiger partial charge in [0.25, 0.3) is 0 Å². The molecule has 2 aromatic heterocycles. The van der Waals surface area contributed by atoms with E-state index in [1.807, 2.05) is 24.3 Å². The van der Waals surface area contributed by atoms with Crippen LogP contribution < -0.4 is 5.32 Å². The summed E-state index contributed by atoms with van der Waals surface area (Å²) < 4.78 is 0. The second-order valence-electron chi connectivity index (χ2n) is 4.21. The van der Waals surface area contributed by atoms with Gasteiger partial charge in [0.05, 0.1) is 5.39 Å². The van der Waals surface area contributed by atoms with Gasteiger partial charge in [0.15, 0.2) is 0 Å². The van der Waals surface area contributed by atoms with Gasteiger partial charge < -0.3 is 5.32 Å². The van der Waals surface area contributed by atoms with Gasteiger partial charge in [-0.3, -0.25) is 0 Å². The number of hydrogen-bond acceptors (Lipinski definition) is 4. The Bertz CT molecular complexity index is 724. The smallest absolute Gasteiger partial charge is 0.142 e. The Labute approximate surface area is 120 Å². The van der Waals surface area contributed by atoms with E-state index < -0.39 is 0 Å². The fourth-order valence-corrected chi connectivity index (χ4v) is 3.04. The Morgan fingerprint density at radius 1 is 1.26 bits per heavy atom. The minimum atomic E-state index is 0.472. The molecule has 1 aromatic carbocycles. The van der Waals surface area contributed by atoms with Gasteiger partial charge in [-0.25, -0.2) is 9.97 Å². The molecule has 3 nitrogen and oxygen atoms in total. The number of nitrogens with one attached hydrogen (secondary N) is 1. The fraction of sp³-hybridized carbons (Fsp3) is 0.143. The first kappa shape index (κ1) is 12.4. The van der Waals surface area contributed by atoms with Crippen LogP contribution in [0.15, 0.2) is 36.7 Å². The highest BCUT2D eigenvalue weighted by Gasteiger charge is 2.08. The lowest BCUT2D eigenvalue weighted by Crippen LogP contribution is -1.97. The molecule has 3 rings (SSSR count). The van der Waals surface area contributed by atoms with E-state index in [2.05, 4.69) is 28.3 Å². The lowest BCUT2D eigenvalue weighted by Gasteiger charge is -2.09. The van der Waals surface area contributed by atoms with Crippen molar-refractivity contribution in [2.24, 2.45) is 0 Å². The molecule has 0 unspecified atom stereocenters. The molecule has 0 aliphatic heterocycles. The van der Waals surface area contributed by atoms with Gasteiger partial charge in [0.2, 0.25) is 0 Å². The number of thiophene rings is 1. The third-order valence-corrected chi connectivity index (χ3v) is 4.11. The SMILES string of the molecule is Cc1cc2c(Nc3ccccc3CCl)ncnc2s1. The average molecular weight is 290 g/mol. The molecule has 0 amide bonds. The number of aryl methyl sites for hydroxylation is 1. The van der Waals surface area contributed by atoms with Gasteiger partial charge in [-0.15, -0.1) is 22.9 Å². The van der Waals surface area contributed by atoms with Crippen LogP contribution in [-0.2, 0) is 5.88 Å². The lowest BCUT2D eigenvalue weighted by atomic mass is 10.2. The van der Waals surface area contributed by atoms with Gasteiger partial charge in [-0.05, 0) is 24.6 Å². The third-order valence-electron chi connectivity index (χ3n) is 2.87. The zero-order valence-corrected chi connectivity index (χ0v) is 11.9. The van der Waals surface area contributed by atoms with Crippen molar-refractivity contribution >= 4 is 44.7 Å². The first-order valence-electron chi connectivity index (χ1n) is 5.90. The van der Waals surface area contributed by atoms with Crippen LogP contribution in [0.3, 0.4) is 0 Å². The number of aromatic nitrogens is 2. The molecule has 0 spiro atoms. The maximum absolute atomic E-state index is 5.95. The monoisotopic (exact) mass is 289 g/mol. The number of fused-ring (bicyclic) bond motifs is 1. The highest BCUT2D eigenvalue weighted by atomic mass is 35.5. The highest BCUT2D eigenvalue weighted by molar-refractivity contribution is 7.18. The average Bonchev–Trinajstić information content (AvgIpc) is 2.81. The predicted molar refractivity (Wildman–Crippen MR) is 81.4 cm³/mol. The minimum Gasteiger partial charge on any atom is -0.339 e. The van der Waals surface area contributed by atoms with Gasteiger partial charge in [-0.2, -0.15) is 0 Å². The molecule has 0 fully saturated rings. The largest absolute Gasteiger partial charge is 0.339 e. The summed E-state index contributed by atoms with van der Waals surface area (Å²) in [6.45, 7) is 2.07. The van der Waals surface area contributed by atoms with E-state index in [0.29, 0.717) is 5.88 Å². The standard InChI is InChI=1S/C14H12ClN3S/c1-9-6-11-13(16-8-17-14(11)19-9)18-12-5-3-2-4-10(12)7-15/h2-6,8H,7H2,1H3,(H,16,17,18). The zero-order valence-electron chi connectivity index (χ0n) is 10.4. The highest BCUT2D eigenvalue weighted by Crippen LogP contribution is 2.30. The summed E-state index contributed by atoms with van der Waals surface area (Å²) in [4.78, 5) is 10.8. The Morgan fingerprint density at radius 3 is 2.95 bits per heavy atom. The normalized spacial score (nSPS) is 10.8. The summed E-state index contributed by atoms with van der Waals surface area (Å²) in [6, 6.07) is 10.1. The second kappa shape index (κ2) is 5.15. The third kappa shape index (κ3) is 2.41. The Morgan fingerprint density at radius 2 is 2.11 bits per heavy atom. The summed E-state index contributed by atoms with van der Waals surface area (Å²) in [7, 11) is 0. The number of para-hydroxylation sites is 1. The molecule has 19 heavy (non-hydrogen) atoms. The molecule has 0 bridgehead atoms. The van der Waals surface area contributed by atoms with Crippen molar-refractivity contribution < 1.29 is 0 Å². The molecule has 5 heteroatoms. The Balaban J connectivity index is 2.05. The van der Waals surface area contributed by atoms with Crippen molar-refractivity contribution in [3.05, 3.63) is 47.1 Å². The first-order chi connectivity index (χ1) is 9.28. The van der Waals surface area contributed by atoms with Crippen molar-refractivity contribution in [1.29, 1.82) is 0 Å². The number of benzene rings is 1. The molecule has 0 aliphatic rings. The van der Waals surface area contributed by atoms with Crippen LogP contribution in [0.4, 0.5) is 11.5 Å². The van der Waals surface area contributed by atoms with Crippen LogP contribution in [0.5, 0.6) is 0 Å². The Kier molecular flexibility index (Phi) is 3.36. The van der Waals surface area contributed by atoms with E-state index in [-0.39, 0.29) is 0 Å². The number of rotatable bonds is 3. The van der Waals surface area contributed by atoms with Crippen molar-refractivity contribution in [2.45, 2.75) is 12.8 Å². The van der Waals surface area contributed by atoms with E-state index in [0.717, 1.165) is 27.3 Å². The maximum Gasteiger partial charge on any atom is 0.142 e. The lowest BCUT2D eigenvalue weighted by molar-refractivity contribution is 1.22. The van der Waals surface area contributed by atoms with Crippen LogP contribution in [0.1, 0.15) is 10.4 Å². The molecule has 2 heterocycles. The molecule has 96 valence electrons. The van der Waals surface area contributed by atoms with Gasteiger partial charge in [0.1, 0.15) is 17.0 Å². The molecule has 0 aliphatic carbocycles. The molecule has 1 N–H and O–H groups in total. The van der Waals surface area contributed by atoms with Crippen molar-refractivity contribution in [2.75, 3.05) is 5.32 Å². The summed E-state index contributed by atoms with van der Waals surface area (Å²) in [6.07, 6.45) is 1.59. The van der Waals surface area contributed by atoms with Crippen LogP contribution in [-0.4, -0.2) is 9.97 Å². The van der Waals surface area contributed by atoms with Crippen molar-refractivity contribution in [1.82, 2.24) is 9.97 Å². The minimum absolute atomic E-state index is 0.472. The van der Waals surface area contributed by atoms with Crippen molar-refractivity contribution in [3.63, 3.8) is 0 Å². The summed E-state index contributed by atoms with van der Waals surface area (Å²) in [5.41, 5.74) is 2.05. The van der Waals surface area contributed by atoms with Crippen LogP contribution in [0.2, 0.25) is 0 Å². The molecule has 0 saturated heterocycles. The zero-order chi connectivity index (χ0) is 13.2. The molecule has 0 radical (unpaired) electrons. The predicted octanol–water partition coefficient (Wildman–Crippen LogP) is 4.48. The number of halogens is 1. The summed E-state index contributed by atoms with van der Waals surface area (Å²) in [5, 5.41) is 4.40. The van der Waals surface area contributed by atoms with Crippen LogP contribution >= 0.6 is 22.9 Å². The van der Waals surface area contributed by atoms with E-state index in [1.165, 1.54) is 4.88 Å². The molecule has 0 saturated carbocycles. The van der Waals surface area contributed by atoms with E-state index in [9.17, 15) is 0 Å². The van der Waals surface area contributed by atoms with Crippen LogP contribution in [0.25, 0.3) is 10.2 Å². The summed E-state index contributed by atoms with van der Waals surface area (Å²) >= 11 is 7.62. The number of alkyl halides is 1. The van der Waals surface area contributed by atoms with Crippen molar-refractivity contribution in [3.8, 4) is 0 Å². The number of anilines is 2.